The second kappa shape index (κ2) is 12.8. The van der Waals surface area contributed by atoms with Crippen molar-refractivity contribution in [1.82, 2.24) is 19.2 Å². The largest absolute Gasteiger partial charge is 0.481 e. The summed E-state index contributed by atoms with van der Waals surface area (Å²) in [6, 6.07) is 4.94. The van der Waals surface area contributed by atoms with Gasteiger partial charge < -0.3 is 15.5 Å². The lowest BCUT2D eigenvalue weighted by Crippen LogP contribution is -2.48. The number of amides is 1. The molecule has 3 heterocycles. The predicted molar refractivity (Wildman–Crippen MR) is 158 cm³/mol. The summed E-state index contributed by atoms with van der Waals surface area (Å²) in [5.41, 5.74) is -2.07. The number of halogens is 2. The molecule has 5 rings (SSSR count). The monoisotopic (exact) mass is 640 g/mol. The summed E-state index contributed by atoms with van der Waals surface area (Å²) in [6.07, 6.45) is 2.52. The molecular weight excluding hydrogens is 614 g/mol. The molecule has 234 valence electrons. The van der Waals surface area contributed by atoms with E-state index in [-0.39, 0.29) is 36.7 Å². The highest BCUT2D eigenvalue weighted by atomic mass is 32.1. The normalized spacial score (nSPS) is 16.3. The Labute approximate surface area is 256 Å². The Morgan fingerprint density at radius 2 is 1.71 bits per heavy atom. The van der Waals surface area contributed by atoms with Crippen LogP contribution in [0.5, 0.6) is 0 Å². The summed E-state index contributed by atoms with van der Waals surface area (Å²) in [7, 11) is 0. The number of nitrogens with zero attached hydrogens (tertiary/aromatic N) is 3. The maximum atomic E-state index is 14.4. The first kappa shape index (κ1) is 31.3. The van der Waals surface area contributed by atoms with Gasteiger partial charge in [0.2, 0.25) is 5.91 Å². The highest BCUT2D eigenvalue weighted by Gasteiger charge is 2.34. The molecule has 15 heteroatoms. The Hall–Kier alpha value is -5.18. The van der Waals surface area contributed by atoms with Gasteiger partial charge in [-0.25, -0.2) is 37.1 Å². The lowest BCUT2D eigenvalue weighted by Gasteiger charge is -2.27. The summed E-state index contributed by atoms with van der Waals surface area (Å²) in [4.78, 5) is 76.1. The lowest BCUT2D eigenvalue weighted by atomic mass is 10.0. The zero-order chi connectivity index (χ0) is 32.4. The van der Waals surface area contributed by atoms with Crippen molar-refractivity contribution in [3.8, 4) is 0 Å². The molecule has 0 radical (unpaired) electrons. The number of hydrogen-bond donors (Lipinski definition) is 3. The van der Waals surface area contributed by atoms with Gasteiger partial charge in [-0.3, -0.25) is 14.4 Å². The van der Waals surface area contributed by atoms with Crippen molar-refractivity contribution < 1.29 is 33.4 Å². The molecule has 0 saturated carbocycles. The zero-order valence-electron chi connectivity index (χ0n) is 23.4. The highest BCUT2D eigenvalue weighted by Crippen LogP contribution is 2.24. The number of hydrogen-bond acceptors (Lipinski definition) is 7. The van der Waals surface area contributed by atoms with Gasteiger partial charge in [-0.1, -0.05) is 18.2 Å². The third-order valence-electron chi connectivity index (χ3n) is 7.45. The van der Waals surface area contributed by atoms with Crippen molar-refractivity contribution in [3.05, 3.63) is 114 Å². The van der Waals surface area contributed by atoms with E-state index in [1.54, 1.807) is 23.6 Å². The number of allylic oxidation sites excluding steroid dienone is 1. The van der Waals surface area contributed by atoms with Gasteiger partial charge in [0.25, 0.3) is 0 Å². The molecule has 0 fully saturated rings. The van der Waals surface area contributed by atoms with Crippen LogP contribution in [-0.4, -0.2) is 48.0 Å². The molecule has 2 aromatic carbocycles. The van der Waals surface area contributed by atoms with Crippen LogP contribution in [-0.2, 0) is 27.3 Å². The Morgan fingerprint density at radius 3 is 2.44 bits per heavy atom. The number of aliphatic carboxylic acids is 2. The summed E-state index contributed by atoms with van der Waals surface area (Å²) >= 11 is 1.34. The first-order valence-electron chi connectivity index (χ1n) is 13.8. The smallest absolute Gasteiger partial charge is 0.348 e. The van der Waals surface area contributed by atoms with Crippen molar-refractivity contribution in [2.75, 3.05) is 0 Å². The number of carboxylic acids is 2. The second-order valence-electron chi connectivity index (χ2n) is 10.5. The van der Waals surface area contributed by atoms with E-state index in [4.69, 9.17) is 5.11 Å². The van der Waals surface area contributed by atoms with Crippen LogP contribution in [0.4, 0.5) is 8.78 Å². The quantitative estimate of drug-likeness (QED) is 0.210. The first-order chi connectivity index (χ1) is 21.4. The van der Waals surface area contributed by atoms with E-state index in [1.807, 2.05) is 0 Å². The molecule has 2 aromatic heterocycles. The first-order valence-corrected chi connectivity index (χ1v) is 14.6. The molecular formula is C30H26F2N4O8S. The third kappa shape index (κ3) is 6.52. The molecule has 0 aliphatic carbocycles. The highest BCUT2D eigenvalue weighted by molar-refractivity contribution is 7.16. The Balaban J connectivity index is 1.48. The standard InChI is InChI=1S/C30H26F2N4O8S/c31-18-5-7-21(32)17(14-18)15-34-29(43)35-19(2-1-3-26(38)39)6-8-23(36(35)30(34)44)27(40)33-22(28(41)42)13-16-4-9-25-20(12-16)24(37)10-11-45-25/h4-12,14,19,22-23H,1-3,13,15H2,(H,33,40)(H,38,39)(H,41,42). The van der Waals surface area contributed by atoms with Gasteiger partial charge in [-0.2, -0.15) is 0 Å². The van der Waals surface area contributed by atoms with Crippen molar-refractivity contribution in [3.63, 3.8) is 0 Å². The van der Waals surface area contributed by atoms with E-state index in [1.165, 1.54) is 29.6 Å². The minimum Gasteiger partial charge on any atom is -0.481 e. The summed E-state index contributed by atoms with van der Waals surface area (Å²) in [5.74, 6) is -5.08. The van der Waals surface area contributed by atoms with Gasteiger partial charge in [-0.05, 0) is 60.2 Å². The minimum absolute atomic E-state index is 0.0943. The number of carbonyl (C=O) groups is 3. The van der Waals surface area contributed by atoms with E-state index in [0.717, 1.165) is 27.6 Å². The SMILES string of the molecule is O=C(O)CCCC1C=CC(C(=O)NC(Cc2ccc3sccc(=O)c3c2)C(=O)O)n2c(=O)n(Cc3cc(F)ccc3F)c(=O)n21. The van der Waals surface area contributed by atoms with Gasteiger partial charge in [0.1, 0.15) is 17.7 Å². The Kier molecular flexibility index (Phi) is 8.90. The molecule has 3 N–H and O–H groups in total. The van der Waals surface area contributed by atoms with E-state index in [2.05, 4.69) is 5.32 Å². The van der Waals surface area contributed by atoms with Gasteiger partial charge in [0.05, 0.1) is 12.6 Å². The van der Waals surface area contributed by atoms with E-state index in [9.17, 15) is 42.7 Å². The number of rotatable bonds is 11. The average Bonchev–Trinajstić information content (AvgIpc) is 3.24. The van der Waals surface area contributed by atoms with Crippen LogP contribution in [0.15, 0.2) is 74.4 Å². The van der Waals surface area contributed by atoms with Crippen molar-refractivity contribution in [2.24, 2.45) is 0 Å². The van der Waals surface area contributed by atoms with E-state index in [0.29, 0.717) is 20.2 Å². The van der Waals surface area contributed by atoms with Gasteiger partial charge in [0, 0.05) is 28.5 Å². The second-order valence-corrected chi connectivity index (χ2v) is 11.4. The van der Waals surface area contributed by atoms with Crippen LogP contribution >= 0.6 is 11.3 Å². The molecule has 3 unspecified atom stereocenters. The molecule has 3 atom stereocenters. The van der Waals surface area contributed by atoms with Crippen LogP contribution in [0.1, 0.15) is 42.5 Å². The minimum atomic E-state index is -1.51. The van der Waals surface area contributed by atoms with Crippen LogP contribution in [0, 0.1) is 11.6 Å². The molecule has 45 heavy (non-hydrogen) atoms. The van der Waals surface area contributed by atoms with Crippen molar-refractivity contribution in [1.29, 1.82) is 0 Å². The predicted octanol–water partition coefficient (Wildman–Crippen LogP) is 2.43. The maximum absolute atomic E-state index is 14.4. The number of aromatic nitrogens is 3. The summed E-state index contributed by atoms with van der Waals surface area (Å²) in [6.45, 7) is -0.660. The van der Waals surface area contributed by atoms with Crippen molar-refractivity contribution in [2.45, 2.75) is 50.4 Å². The molecule has 4 aromatic rings. The lowest BCUT2D eigenvalue weighted by molar-refractivity contribution is -0.142. The maximum Gasteiger partial charge on any atom is 0.348 e. The van der Waals surface area contributed by atoms with Crippen molar-refractivity contribution >= 4 is 39.3 Å². The van der Waals surface area contributed by atoms with Crippen LogP contribution in [0.3, 0.4) is 0 Å². The number of carbonyl (C=O) groups excluding carboxylic acids is 1. The molecule has 0 bridgehead atoms. The Morgan fingerprint density at radius 1 is 0.956 bits per heavy atom. The molecule has 0 spiro atoms. The molecule has 1 aliphatic rings. The van der Waals surface area contributed by atoms with Crippen LogP contribution in [0.2, 0.25) is 0 Å². The fraction of sp³-hybridized carbons (Fsp3) is 0.267. The van der Waals surface area contributed by atoms with Gasteiger partial charge in [-0.15, -0.1) is 11.3 Å². The van der Waals surface area contributed by atoms with Crippen LogP contribution in [0.25, 0.3) is 10.1 Å². The number of nitrogens with one attached hydrogen (secondary N) is 1. The summed E-state index contributed by atoms with van der Waals surface area (Å²) in [5, 5.41) is 23.4. The van der Waals surface area contributed by atoms with E-state index >= 15 is 0 Å². The molecule has 1 aliphatic heterocycles. The van der Waals surface area contributed by atoms with Crippen LogP contribution < -0.4 is 22.1 Å². The van der Waals surface area contributed by atoms with Gasteiger partial charge in [0.15, 0.2) is 11.5 Å². The fourth-order valence-corrected chi connectivity index (χ4v) is 6.04. The van der Waals surface area contributed by atoms with E-state index < -0.39 is 65.5 Å². The topological polar surface area (TPSA) is 170 Å². The molecule has 1 amide bonds. The molecule has 12 nitrogen and oxygen atoms in total. The number of benzene rings is 2. The molecule has 0 saturated heterocycles. The number of fused-ring (bicyclic) bond motifs is 2. The number of carboxylic acid groups (broad SMARTS) is 2. The Bertz CT molecular complexity index is 2030. The average molecular weight is 641 g/mol. The zero-order valence-corrected chi connectivity index (χ0v) is 24.2. The summed E-state index contributed by atoms with van der Waals surface area (Å²) < 4.78 is 31.3. The third-order valence-corrected chi connectivity index (χ3v) is 8.33. The fourth-order valence-electron chi connectivity index (χ4n) is 5.27. The van der Waals surface area contributed by atoms with Gasteiger partial charge >= 0.3 is 23.3 Å².